The highest BCUT2D eigenvalue weighted by Gasteiger charge is 2.62. The van der Waals surface area contributed by atoms with Gasteiger partial charge in [0.05, 0.1) is 18.3 Å². The maximum atomic E-state index is 12.7. The SMILES string of the molecule is COC(=O)C1(CS(N)(=O)=O)CC(F)(F)C1. The molecule has 0 radical (unpaired) electrons. The molecule has 0 spiro atoms. The lowest BCUT2D eigenvalue weighted by Crippen LogP contribution is -2.55. The van der Waals surface area contributed by atoms with Gasteiger partial charge in [0.2, 0.25) is 15.9 Å². The van der Waals surface area contributed by atoms with E-state index in [9.17, 15) is 22.0 Å². The Kier molecular flexibility index (Phi) is 2.77. The quantitative estimate of drug-likeness (QED) is 0.699. The van der Waals surface area contributed by atoms with Crippen molar-refractivity contribution in [2.75, 3.05) is 12.9 Å². The number of methoxy groups -OCH3 is 1. The van der Waals surface area contributed by atoms with Crippen molar-refractivity contribution in [2.24, 2.45) is 10.6 Å². The fraction of sp³-hybridized carbons (Fsp3) is 0.857. The standard InChI is InChI=1S/C7H11F2NO4S/c1-14-5(11)6(4-15(10,12)13)2-7(8,9)3-6/h2-4H2,1H3,(H2,10,12,13). The van der Waals surface area contributed by atoms with Gasteiger partial charge in [-0.2, -0.15) is 0 Å². The maximum absolute atomic E-state index is 12.7. The number of sulfonamides is 1. The zero-order valence-corrected chi connectivity index (χ0v) is 8.81. The van der Waals surface area contributed by atoms with Crippen molar-refractivity contribution < 1.29 is 26.7 Å². The van der Waals surface area contributed by atoms with E-state index < -0.39 is 45.9 Å². The molecule has 1 aliphatic rings. The summed E-state index contributed by atoms with van der Waals surface area (Å²) in [5, 5.41) is 4.73. The summed E-state index contributed by atoms with van der Waals surface area (Å²) in [5.74, 6) is -4.77. The normalized spacial score (nSPS) is 22.9. The van der Waals surface area contributed by atoms with E-state index >= 15 is 0 Å². The van der Waals surface area contributed by atoms with E-state index in [4.69, 9.17) is 5.14 Å². The Morgan fingerprint density at radius 3 is 2.20 bits per heavy atom. The number of alkyl halides is 2. The lowest BCUT2D eigenvalue weighted by Gasteiger charge is -2.43. The Bertz CT molecular complexity index is 370. The van der Waals surface area contributed by atoms with Gasteiger partial charge in [-0.25, -0.2) is 22.3 Å². The number of nitrogens with two attached hydrogens (primary N) is 1. The summed E-state index contributed by atoms with van der Waals surface area (Å²) in [6.45, 7) is 0. The average Bonchev–Trinajstić information content (AvgIpc) is 1.95. The first-order valence-electron chi connectivity index (χ1n) is 4.07. The van der Waals surface area contributed by atoms with Crippen LogP contribution >= 0.6 is 0 Å². The first-order valence-corrected chi connectivity index (χ1v) is 5.79. The topological polar surface area (TPSA) is 86.5 Å². The lowest BCUT2D eigenvalue weighted by atomic mass is 9.67. The van der Waals surface area contributed by atoms with Gasteiger partial charge in [-0.3, -0.25) is 4.79 Å². The Hall–Kier alpha value is -0.760. The van der Waals surface area contributed by atoms with Crippen molar-refractivity contribution >= 4 is 16.0 Å². The monoisotopic (exact) mass is 243 g/mol. The third-order valence-electron chi connectivity index (χ3n) is 2.29. The number of ether oxygens (including phenoxy) is 1. The van der Waals surface area contributed by atoms with Crippen LogP contribution in [-0.2, 0) is 19.6 Å². The average molecular weight is 243 g/mol. The second-order valence-corrected chi connectivity index (χ2v) is 5.40. The molecular formula is C7H11F2NO4S. The van der Waals surface area contributed by atoms with Crippen LogP contribution in [0.25, 0.3) is 0 Å². The predicted molar refractivity (Wildman–Crippen MR) is 46.6 cm³/mol. The van der Waals surface area contributed by atoms with E-state index in [1.807, 2.05) is 0 Å². The van der Waals surface area contributed by atoms with Crippen LogP contribution in [0.15, 0.2) is 0 Å². The van der Waals surface area contributed by atoms with Crippen LogP contribution in [0.1, 0.15) is 12.8 Å². The largest absolute Gasteiger partial charge is 0.469 e. The highest BCUT2D eigenvalue weighted by atomic mass is 32.2. The molecule has 1 fully saturated rings. The van der Waals surface area contributed by atoms with Crippen molar-refractivity contribution in [1.82, 2.24) is 0 Å². The van der Waals surface area contributed by atoms with Gasteiger partial charge >= 0.3 is 5.97 Å². The number of esters is 1. The smallest absolute Gasteiger partial charge is 0.313 e. The summed E-state index contributed by atoms with van der Waals surface area (Å²) in [6.07, 6.45) is -1.66. The molecule has 2 N–H and O–H groups in total. The van der Waals surface area contributed by atoms with E-state index in [1.165, 1.54) is 0 Å². The molecule has 1 saturated carbocycles. The van der Waals surface area contributed by atoms with Gasteiger partial charge in [-0.1, -0.05) is 0 Å². The molecule has 0 heterocycles. The molecule has 15 heavy (non-hydrogen) atoms. The molecule has 88 valence electrons. The van der Waals surface area contributed by atoms with Crippen LogP contribution in [0.4, 0.5) is 8.78 Å². The minimum absolute atomic E-state index is 0.803. The van der Waals surface area contributed by atoms with E-state index in [-0.39, 0.29) is 0 Å². The second kappa shape index (κ2) is 3.38. The molecular weight excluding hydrogens is 232 g/mol. The van der Waals surface area contributed by atoms with Gasteiger partial charge < -0.3 is 4.74 Å². The first kappa shape index (κ1) is 12.3. The van der Waals surface area contributed by atoms with Crippen LogP contribution in [0, 0.1) is 5.41 Å². The fourth-order valence-electron chi connectivity index (χ4n) is 1.85. The van der Waals surface area contributed by atoms with Crippen LogP contribution < -0.4 is 5.14 Å². The first-order chi connectivity index (χ1) is 6.60. The Labute approximate surface area is 85.6 Å². The van der Waals surface area contributed by atoms with E-state index in [2.05, 4.69) is 4.74 Å². The van der Waals surface area contributed by atoms with Gasteiger partial charge in [-0.15, -0.1) is 0 Å². The molecule has 8 heteroatoms. The predicted octanol–water partition coefficient (Wildman–Crippen LogP) is -0.137. The maximum Gasteiger partial charge on any atom is 0.313 e. The minimum Gasteiger partial charge on any atom is -0.469 e. The fourth-order valence-corrected chi connectivity index (χ4v) is 2.94. The molecule has 0 aliphatic heterocycles. The zero-order valence-electron chi connectivity index (χ0n) is 8.00. The molecule has 1 rings (SSSR count). The molecule has 0 unspecified atom stereocenters. The molecule has 0 aromatic heterocycles. The molecule has 0 saturated heterocycles. The number of carbonyl (C=O) groups is 1. The zero-order chi connectivity index (χ0) is 11.9. The van der Waals surface area contributed by atoms with Crippen molar-refractivity contribution in [2.45, 2.75) is 18.8 Å². The molecule has 1 aliphatic carbocycles. The number of primary sulfonamides is 1. The van der Waals surface area contributed by atoms with Gasteiger partial charge in [0.25, 0.3) is 0 Å². The lowest BCUT2D eigenvalue weighted by molar-refractivity contribution is -0.191. The summed E-state index contributed by atoms with van der Waals surface area (Å²) >= 11 is 0. The molecule has 5 nitrogen and oxygen atoms in total. The van der Waals surface area contributed by atoms with Gasteiger partial charge in [-0.05, 0) is 0 Å². The number of carbonyl (C=O) groups excluding carboxylic acids is 1. The number of hydrogen-bond acceptors (Lipinski definition) is 4. The molecule has 0 aromatic carbocycles. The highest BCUT2D eigenvalue weighted by molar-refractivity contribution is 7.89. The number of rotatable bonds is 3. The summed E-state index contributed by atoms with van der Waals surface area (Å²) < 4.78 is 51.2. The summed E-state index contributed by atoms with van der Waals surface area (Å²) in [7, 11) is -2.96. The highest BCUT2D eigenvalue weighted by Crippen LogP contribution is 2.53. The third-order valence-corrected chi connectivity index (χ3v) is 3.24. The Morgan fingerprint density at radius 2 is 1.93 bits per heavy atom. The van der Waals surface area contributed by atoms with E-state index in [0.717, 1.165) is 7.11 Å². The second-order valence-electron chi connectivity index (χ2n) is 3.79. The number of halogens is 2. The molecule has 0 aromatic rings. The van der Waals surface area contributed by atoms with Crippen molar-refractivity contribution in [3.63, 3.8) is 0 Å². The number of hydrogen-bond donors (Lipinski definition) is 1. The third kappa shape index (κ3) is 2.63. The van der Waals surface area contributed by atoms with Crippen molar-refractivity contribution in [1.29, 1.82) is 0 Å². The van der Waals surface area contributed by atoms with Crippen molar-refractivity contribution in [3.8, 4) is 0 Å². The minimum atomic E-state index is -3.98. The Morgan fingerprint density at radius 1 is 1.47 bits per heavy atom. The van der Waals surface area contributed by atoms with Crippen LogP contribution in [0.5, 0.6) is 0 Å². The van der Waals surface area contributed by atoms with E-state index in [1.54, 1.807) is 0 Å². The van der Waals surface area contributed by atoms with Gasteiger partial charge in [0.15, 0.2) is 0 Å². The van der Waals surface area contributed by atoms with Gasteiger partial charge in [0.1, 0.15) is 0 Å². The summed E-state index contributed by atoms with van der Waals surface area (Å²) in [6, 6.07) is 0. The van der Waals surface area contributed by atoms with Crippen LogP contribution in [-0.4, -0.2) is 33.2 Å². The van der Waals surface area contributed by atoms with Crippen LogP contribution in [0.2, 0.25) is 0 Å². The van der Waals surface area contributed by atoms with Gasteiger partial charge in [0, 0.05) is 12.8 Å². The Balaban J connectivity index is 2.88. The van der Waals surface area contributed by atoms with Crippen molar-refractivity contribution in [3.05, 3.63) is 0 Å². The molecule has 0 atom stereocenters. The summed E-state index contributed by atoms with van der Waals surface area (Å²) in [4.78, 5) is 11.2. The molecule has 0 bridgehead atoms. The van der Waals surface area contributed by atoms with Crippen LogP contribution in [0.3, 0.4) is 0 Å². The van der Waals surface area contributed by atoms with E-state index in [0.29, 0.717) is 0 Å². The molecule has 0 amide bonds. The summed E-state index contributed by atoms with van der Waals surface area (Å²) in [5.41, 5.74) is -1.67.